The summed E-state index contributed by atoms with van der Waals surface area (Å²) in [5, 5.41) is 2.70. The number of carbonyl (C=O) groups is 1. The SMILES string of the molecule is O=C(OCc1csc(-c2ccccc2)n1)c1cccc(S(=O)(=O)N2CCc3ccccc32)c1. The zero-order valence-electron chi connectivity index (χ0n) is 17.5. The lowest BCUT2D eigenvalue weighted by molar-refractivity contribution is 0.0468. The summed E-state index contributed by atoms with van der Waals surface area (Å²) in [5.74, 6) is -0.594. The largest absolute Gasteiger partial charge is 0.456 e. The number of ether oxygens (including phenoxy) is 1. The Morgan fingerprint density at radius 2 is 1.79 bits per heavy atom. The van der Waals surface area contributed by atoms with E-state index < -0.39 is 16.0 Å². The van der Waals surface area contributed by atoms with Crippen molar-refractivity contribution in [1.29, 1.82) is 0 Å². The highest BCUT2D eigenvalue weighted by Gasteiger charge is 2.31. The van der Waals surface area contributed by atoms with Crippen LogP contribution < -0.4 is 4.31 Å². The molecule has 0 N–H and O–H groups in total. The fourth-order valence-electron chi connectivity index (χ4n) is 3.78. The third-order valence-corrected chi connectivity index (χ3v) is 8.18. The van der Waals surface area contributed by atoms with Crippen molar-refractivity contribution < 1.29 is 17.9 Å². The second kappa shape index (κ2) is 8.80. The van der Waals surface area contributed by atoms with Crippen LogP contribution in [0.2, 0.25) is 0 Å². The molecule has 1 aliphatic heterocycles. The summed E-state index contributed by atoms with van der Waals surface area (Å²) in [6.45, 7) is 0.391. The van der Waals surface area contributed by atoms with Crippen LogP contribution >= 0.6 is 11.3 Å². The Kier molecular flexibility index (Phi) is 5.70. The second-order valence-electron chi connectivity index (χ2n) is 7.57. The lowest BCUT2D eigenvalue weighted by atomic mass is 10.2. The molecule has 2 heterocycles. The molecular formula is C25H20N2O4S2. The molecule has 1 aliphatic rings. The van der Waals surface area contributed by atoms with Crippen LogP contribution in [0.3, 0.4) is 0 Å². The number of benzene rings is 3. The normalized spacial score (nSPS) is 13.0. The number of rotatable bonds is 6. The molecule has 0 saturated carbocycles. The summed E-state index contributed by atoms with van der Waals surface area (Å²) in [6.07, 6.45) is 0.662. The fraction of sp³-hybridized carbons (Fsp3) is 0.120. The predicted octanol–water partition coefficient (Wildman–Crippen LogP) is 4.92. The molecule has 0 atom stereocenters. The van der Waals surface area contributed by atoms with E-state index in [4.69, 9.17) is 4.74 Å². The summed E-state index contributed by atoms with van der Waals surface area (Å²) in [6, 6.07) is 23.2. The van der Waals surface area contributed by atoms with Gasteiger partial charge in [-0.05, 0) is 36.2 Å². The molecule has 6 nitrogen and oxygen atoms in total. The maximum atomic E-state index is 13.3. The van der Waals surface area contributed by atoms with E-state index in [0.717, 1.165) is 16.1 Å². The molecule has 0 spiro atoms. The molecule has 4 aromatic rings. The lowest BCUT2D eigenvalue weighted by Gasteiger charge is -2.19. The number of thiazole rings is 1. The van der Waals surface area contributed by atoms with Gasteiger partial charge in [0.2, 0.25) is 0 Å². The highest BCUT2D eigenvalue weighted by molar-refractivity contribution is 7.92. The van der Waals surface area contributed by atoms with Crippen LogP contribution in [-0.4, -0.2) is 25.9 Å². The van der Waals surface area contributed by atoms with Gasteiger partial charge < -0.3 is 4.74 Å². The number of aromatic nitrogens is 1. The highest BCUT2D eigenvalue weighted by Crippen LogP contribution is 2.33. The van der Waals surface area contributed by atoms with E-state index in [1.54, 1.807) is 18.2 Å². The van der Waals surface area contributed by atoms with E-state index in [9.17, 15) is 13.2 Å². The van der Waals surface area contributed by atoms with Crippen molar-refractivity contribution in [2.75, 3.05) is 10.8 Å². The summed E-state index contributed by atoms with van der Waals surface area (Å²) >= 11 is 1.48. The van der Waals surface area contributed by atoms with Gasteiger partial charge in [-0.15, -0.1) is 11.3 Å². The van der Waals surface area contributed by atoms with Crippen LogP contribution in [0.15, 0.2) is 89.1 Å². The van der Waals surface area contributed by atoms with E-state index in [0.29, 0.717) is 24.3 Å². The molecule has 0 radical (unpaired) electrons. The van der Waals surface area contributed by atoms with Gasteiger partial charge in [-0.1, -0.05) is 54.6 Å². The zero-order valence-corrected chi connectivity index (χ0v) is 19.2. The fourth-order valence-corrected chi connectivity index (χ4v) is 6.14. The van der Waals surface area contributed by atoms with Crippen LogP contribution in [0.1, 0.15) is 21.6 Å². The number of carbonyl (C=O) groups excluding carboxylic acids is 1. The van der Waals surface area contributed by atoms with Crippen LogP contribution in [0, 0.1) is 0 Å². The molecule has 0 unspecified atom stereocenters. The molecule has 0 bridgehead atoms. The van der Waals surface area contributed by atoms with Gasteiger partial charge in [0.1, 0.15) is 11.6 Å². The average molecular weight is 477 g/mol. The topological polar surface area (TPSA) is 76.6 Å². The van der Waals surface area contributed by atoms with Crippen LogP contribution in [0.4, 0.5) is 5.69 Å². The monoisotopic (exact) mass is 476 g/mol. The van der Waals surface area contributed by atoms with Crippen molar-refractivity contribution in [3.05, 3.63) is 101 Å². The minimum Gasteiger partial charge on any atom is -0.456 e. The van der Waals surface area contributed by atoms with Gasteiger partial charge in [-0.25, -0.2) is 18.2 Å². The minimum absolute atomic E-state index is 0.0125. The van der Waals surface area contributed by atoms with E-state index in [-0.39, 0.29) is 17.1 Å². The van der Waals surface area contributed by atoms with Gasteiger partial charge >= 0.3 is 5.97 Å². The van der Waals surface area contributed by atoms with E-state index in [2.05, 4.69) is 4.98 Å². The molecule has 8 heteroatoms. The first kappa shape index (κ1) is 21.4. The molecule has 0 aliphatic carbocycles. The number of nitrogens with zero attached hydrogens (tertiary/aromatic N) is 2. The number of hydrogen-bond donors (Lipinski definition) is 0. The molecule has 33 heavy (non-hydrogen) atoms. The Morgan fingerprint density at radius 3 is 2.64 bits per heavy atom. The van der Waals surface area contributed by atoms with Gasteiger partial charge in [0, 0.05) is 17.5 Å². The van der Waals surface area contributed by atoms with E-state index >= 15 is 0 Å². The molecule has 0 fully saturated rings. The Hall–Kier alpha value is -3.49. The smallest absolute Gasteiger partial charge is 0.338 e. The molecule has 166 valence electrons. The molecule has 1 aromatic heterocycles. The van der Waals surface area contributed by atoms with Crippen molar-refractivity contribution in [1.82, 2.24) is 4.98 Å². The first-order chi connectivity index (χ1) is 16.0. The Bertz CT molecular complexity index is 1420. The Balaban J connectivity index is 1.30. The highest BCUT2D eigenvalue weighted by atomic mass is 32.2. The van der Waals surface area contributed by atoms with Gasteiger partial charge in [0.05, 0.1) is 21.8 Å². The lowest BCUT2D eigenvalue weighted by Crippen LogP contribution is -2.29. The molecule has 3 aromatic carbocycles. The van der Waals surface area contributed by atoms with E-state index in [1.165, 1.54) is 27.8 Å². The number of para-hydroxylation sites is 1. The van der Waals surface area contributed by atoms with Crippen LogP contribution in [-0.2, 0) is 27.8 Å². The zero-order chi connectivity index (χ0) is 22.8. The second-order valence-corrected chi connectivity index (χ2v) is 10.3. The first-order valence-electron chi connectivity index (χ1n) is 10.4. The first-order valence-corrected chi connectivity index (χ1v) is 12.7. The van der Waals surface area contributed by atoms with Crippen molar-refractivity contribution in [2.24, 2.45) is 0 Å². The van der Waals surface area contributed by atoms with Gasteiger partial charge in [-0.2, -0.15) is 0 Å². The van der Waals surface area contributed by atoms with Crippen molar-refractivity contribution in [3.8, 4) is 10.6 Å². The number of hydrogen-bond acceptors (Lipinski definition) is 6. The minimum atomic E-state index is -3.79. The summed E-state index contributed by atoms with van der Waals surface area (Å²) in [5.41, 5.74) is 3.51. The maximum absolute atomic E-state index is 13.3. The number of sulfonamides is 1. The Morgan fingerprint density at radius 1 is 1.00 bits per heavy atom. The van der Waals surface area contributed by atoms with Gasteiger partial charge in [0.15, 0.2) is 0 Å². The van der Waals surface area contributed by atoms with Gasteiger partial charge in [0.25, 0.3) is 10.0 Å². The third kappa shape index (κ3) is 4.27. The van der Waals surface area contributed by atoms with Crippen molar-refractivity contribution >= 4 is 33.0 Å². The molecular weight excluding hydrogens is 456 g/mol. The van der Waals surface area contributed by atoms with Crippen LogP contribution in [0.5, 0.6) is 0 Å². The number of esters is 1. The number of fused-ring (bicyclic) bond motifs is 1. The maximum Gasteiger partial charge on any atom is 0.338 e. The molecule has 0 saturated heterocycles. The molecule has 5 rings (SSSR count). The van der Waals surface area contributed by atoms with Gasteiger partial charge in [-0.3, -0.25) is 4.31 Å². The summed E-state index contributed by atoms with van der Waals surface area (Å²) in [4.78, 5) is 17.2. The standard InChI is InChI=1S/C25H20N2O4S2/c28-25(31-16-21-17-32-24(26-21)19-8-2-1-3-9-19)20-10-6-11-22(15-20)33(29,30)27-14-13-18-7-4-5-12-23(18)27/h1-12,15,17H,13-14,16H2. The quantitative estimate of drug-likeness (QED) is 0.369. The predicted molar refractivity (Wildman–Crippen MR) is 128 cm³/mol. The van der Waals surface area contributed by atoms with Crippen molar-refractivity contribution in [3.63, 3.8) is 0 Å². The number of anilines is 1. The van der Waals surface area contributed by atoms with E-state index in [1.807, 2.05) is 53.9 Å². The van der Waals surface area contributed by atoms with Crippen molar-refractivity contribution in [2.45, 2.75) is 17.9 Å². The van der Waals surface area contributed by atoms with Crippen LogP contribution in [0.25, 0.3) is 10.6 Å². The Labute approximate surface area is 196 Å². The molecule has 0 amide bonds. The third-order valence-electron chi connectivity index (χ3n) is 5.43. The summed E-state index contributed by atoms with van der Waals surface area (Å²) < 4.78 is 33.3. The average Bonchev–Trinajstić information content (AvgIpc) is 3.51. The summed E-state index contributed by atoms with van der Waals surface area (Å²) in [7, 11) is -3.79.